The van der Waals surface area contributed by atoms with Crippen LogP contribution in [0.3, 0.4) is 0 Å². The van der Waals surface area contributed by atoms with Crippen LogP contribution in [0.4, 0.5) is 0 Å². The van der Waals surface area contributed by atoms with E-state index in [1.54, 1.807) is 6.20 Å². The number of aryl methyl sites for hydroxylation is 1. The molecule has 2 heterocycles. The number of nitrogens with zero attached hydrogens (tertiary/aromatic N) is 4. The van der Waals surface area contributed by atoms with Gasteiger partial charge < -0.3 is 0 Å². The lowest BCUT2D eigenvalue weighted by molar-refractivity contribution is 0.649. The van der Waals surface area contributed by atoms with Crippen molar-refractivity contribution in [2.24, 2.45) is 0 Å². The predicted octanol–water partition coefficient (Wildman–Crippen LogP) is 3.80. The summed E-state index contributed by atoms with van der Waals surface area (Å²) in [6.07, 6.45) is 10.7. The van der Waals surface area contributed by atoms with E-state index < -0.39 is 0 Å². The first-order valence-electron chi connectivity index (χ1n) is 8.01. The first-order valence-corrected chi connectivity index (χ1v) is 8.01. The van der Waals surface area contributed by atoms with Gasteiger partial charge in [0.05, 0.1) is 18.1 Å². The van der Waals surface area contributed by atoms with Gasteiger partial charge in [-0.1, -0.05) is 56.5 Å². The van der Waals surface area contributed by atoms with E-state index in [0.29, 0.717) is 0 Å². The fourth-order valence-corrected chi connectivity index (χ4v) is 2.54. The van der Waals surface area contributed by atoms with E-state index in [9.17, 15) is 0 Å². The monoisotopic (exact) mass is 293 g/mol. The van der Waals surface area contributed by atoms with Crippen molar-refractivity contribution in [2.45, 2.75) is 45.6 Å². The van der Waals surface area contributed by atoms with Gasteiger partial charge in [0.25, 0.3) is 0 Å². The Morgan fingerprint density at radius 2 is 1.95 bits per heavy atom. The van der Waals surface area contributed by atoms with Crippen LogP contribution in [0.25, 0.3) is 11.0 Å². The molecule has 0 amide bonds. The molecule has 1 aromatic carbocycles. The van der Waals surface area contributed by atoms with Crippen LogP contribution in [-0.2, 0) is 13.0 Å². The highest BCUT2D eigenvalue weighted by Crippen LogP contribution is 2.13. The van der Waals surface area contributed by atoms with Gasteiger partial charge in [-0.25, -0.2) is 14.6 Å². The van der Waals surface area contributed by atoms with E-state index in [2.05, 4.69) is 40.3 Å². The van der Waals surface area contributed by atoms with E-state index in [1.165, 1.54) is 24.8 Å². The number of aromatic nitrogens is 4. The molecule has 2 aromatic heterocycles. The summed E-state index contributed by atoms with van der Waals surface area (Å²) in [5.41, 5.74) is 2.10. The van der Waals surface area contributed by atoms with Gasteiger partial charge in [0.1, 0.15) is 12.0 Å². The van der Waals surface area contributed by atoms with E-state index in [1.807, 2.05) is 22.9 Å². The average molecular weight is 293 g/mol. The fourth-order valence-electron chi connectivity index (χ4n) is 2.54. The van der Waals surface area contributed by atoms with Gasteiger partial charge in [-0.2, -0.15) is 5.10 Å². The van der Waals surface area contributed by atoms with Crippen LogP contribution in [0.2, 0.25) is 0 Å². The normalized spacial score (nSPS) is 11.1. The van der Waals surface area contributed by atoms with Crippen molar-refractivity contribution in [1.29, 1.82) is 0 Å². The van der Waals surface area contributed by atoms with Gasteiger partial charge in [0.15, 0.2) is 5.65 Å². The predicted molar refractivity (Wildman–Crippen MR) is 87.5 cm³/mol. The summed E-state index contributed by atoms with van der Waals surface area (Å²) < 4.78 is 1.93. The molecule has 1 radical (unpaired) electrons. The molecule has 4 heteroatoms. The Labute approximate surface area is 131 Å². The van der Waals surface area contributed by atoms with E-state index in [-0.39, 0.29) is 0 Å². The Kier molecular flexibility index (Phi) is 4.78. The zero-order valence-corrected chi connectivity index (χ0v) is 13.0. The Bertz CT molecular complexity index is 718. The van der Waals surface area contributed by atoms with E-state index >= 15 is 0 Å². The quantitative estimate of drug-likeness (QED) is 0.622. The highest BCUT2D eigenvalue weighted by Gasteiger charge is 2.07. The third-order valence-corrected chi connectivity index (χ3v) is 3.78. The van der Waals surface area contributed by atoms with E-state index in [0.717, 1.165) is 36.2 Å². The Morgan fingerprint density at radius 1 is 1.09 bits per heavy atom. The molecular weight excluding hydrogens is 272 g/mol. The van der Waals surface area contributed by atoms with Crippen molar-refractivity contribution in [3.05, 3.63) is 54.1 Å². The lowest BCUT2D eigenvalue weighted by Gasteiger charge is -2.04. The molecule has 0 saturated heterocycles. The number of hydrogen-bond acceptors (Lipinski definition) is 3. The minimum atomic E-state index is 0.727. The second kappa shape index (κ2) is 7.16. The van der Waals surface area contributed by atoms with Crippen LogP contribution in [0, 0.1) is 6.20 Å². The van der Waals surface area contributed by atoms with Crippen molar-refractivity contribution < 1.29 is 0 Å². The molecule has 0 spiro atoms. The van der Waals surface area contributed by atoms with Crippen LogP contribution in [0.1, 0.15) is 44.0 Å². The van der Waals surface area contributed by atoms with E-state index in [4.69, 9.17) is 0 Å². The van der Waals surface area contributed by atoms with Crippen molar-refractivity contribution in [2.75, 3.05) is 0 Å². The van der Waals surface area contributed by atoms with Crippen molar-refractivity contribution in [3.63, 3.8) is 0 Å². The average Bonchev–Trinajstić information content (AvgIpc) is 2.95. The second-order valence-electron chi connectivity index (χ2n) is 5.59. The highest BCUT2D eigenvalue weighted by atomic mass is 15.3. The smallest absolute Gasteiger partial charge is 0.162 e. The van der Waals surface area contributed by atoms with Gasteiger partial charge in [0, 0.05) is 6.42 Å². The molecule has 0 atom stereocenters. The Hall–Kier alpha value is -2.23. The maximum Gasteiger partial charge on any atom is 0.162 e. The third-order valence-electron chi connectivity index (χ3n) is 3.78. The maximum atomic E-state index is 4.69. The van der Waals surface area contributed by atoms with Gasteiger partial charge >= 0.3 is 0 Å². The Balaban J connectivity index is 1.76. The molecule has 4 nitrogen and oxygen atoms in total. The molecule has 0 bridgehead atoms. The summed E-state index contributed by atoms with van der Waals surface area (Å²) in [7, 11) is 0. The van der Waals surface area contributed by atoms with Crippen molar-refractivity contribution in [1.82, 2.24) is 19.7 Å². The summed E-state index contributed by atoms with van der Waals surface area (Å²) in [5.74, 6) is 0.874. The van der Waals surface area contributed by atoms with Crippen molar-refractivity contribution >= 4 is 11.0 Å². The number of rotatable bonds is 7. The first kappa shape index (κ1) is 14.7. The van der Waals surface area contributed by atoms with Crippen LogP contribution >= 0.6 is 0 Å². The third kappa shape index (κ3) is 3.50. The molecule has 0 fully saturated rings. The zero-order valence-electron chi connectivity index (χ0n) is 13.0. The molecule has 0 saturated carbocycles. The summed E-state index contributed by atoms with van der Waals surface area (Å²) in [6.45, 7) is 2.95. The van der Waals surface area contributed by atoms with Gasteiger partial charge in [-0.15, -0.1) is 0 Å². The molecule has 0 N–H and O–H groups in total. The van der Waals surface area contributed by atoms with Crippen molar-refractivity contribution in [3.8, 4) is 0 Å². The minimum absolute atomic E-state index is 0.727. The molecule has 22 heavy (non-hydrogen) atoms. The molecule has 0 aliphatic carbocycles. The SMILES string of the molecule is CCCCCCc1n[c]c2cnn(Cc3ccccc3)c2n1. The molecule has 3 rings (SSSR count). The number of fused-ring (bicyclic) bond motifs is 1. The molecule has 0 aliphatic heterocycles. The van der Waals surface area contributed by atoms with Gasteiger partial charge in [-0.05, 0) is 12.0 Å². The number of hydrogen-bond donors (Lipinski definition) is 0. The second-order valence-corrected chi connectivity index (χ2v) is 5.59. The zero-order chi connectivity index (χ0) is 15.2. The summed E-state index contributed by atoms with van der Waals surface area (Å²) in [5, 5.41) is 5.31. The van der Waals surface area contributed by atoms with Crippen LogP contribution in [0.15, 0.2) is 36.5 Å². The lowest BCUT2D eigenvalue weighted by Crippen LogP contribution is -2.04. The van der Waals surface area contributed by atoms with Gasteiger partial charge in [0.2, 0.25) is 0 Å². The highest BCUT2D eigenvalue weighted by molar-refractivity contribution is 5.72. The van der Waals surface area contributed by atoms with Crippen LogP contribution in [-0.4, -0.2) is 19.7 Å². The molecule has 0 unspecified atom stereocenters. The largest absolute Gasteiger partial charge is 0.243 e. The summed E-state index contributed by atoms with van der Waals surface area (Å²) in [6, 6.07) is 10.3. The standard InChI is InChI=1S/C18H21N4/c1-2-3-4-8-11-17-19-12-16-13-20-22(18(16)21-17)14-15-9-6-5-7-10-15/h5-7,9-10,13H,2-4,8,11,14H2,1H3. The molecule has 113 valence electrons. The minimum Gasteiger partial charge on any atom is -0.243 e. The van der Waals surface area contributed by atoms with Crippen LogP contribution in [0.5, 0.6) is 0 Å². The number of benzene rings is 1. The molecular formula is C18H21N4. The molecule has 0 aliphatic rings. The fraction of sp³-hybridized carbons (Fsp3) is 0.389. The van der Waals surface area contributed by atoms with Gasteiger partial charge in [-0.3, -0.25) is 0 Å². The Morgan fingerprint density at radius 3 is 2.77 bits per heavy atom. The maximum absolute atomic E-state index is 4.69. The summed E-state index contributed by atoms with van der Waals surface area (Å²) in [4.78, 5) is 9.02. The first-order chi connectivity index (χ1) is 10.9. The van der Waals surface area contributed by atoms with Crippen LogP contribution < -0.4 is 0 Å². The summed E-state index contributed by atoms with van der Waals surface area (Å²) >= 11 is 0. The lowest BCUT2D eigenvalue weighted by atomic mass is 10.1. The topological polar surface area (TPSA) is 43.6 Å². The number of unbranched alkanes of at least 4 members (excludes halogenated alkanes) is 3. The molecule has 3 aromatic rings.